The summed E-state index contributed by atoms with van der Waals surface area (Å²) in [5.74, 6) is -0.00468. The average molecular weight is 299 g/mol. The van der Waals surface area contributed by atoms with Crippen LogP contribution in [-0.2, 0) is 4.79 Å². The quantitative estimate of drug-likeness (QED) is 0.909. The van der Waals surface area contributed by atoms with Gasteiger partial charge in [-0.1, -0.05) is 11.6 Å². The molecule has 1 N–H and O–H groups in total. The van der Waals surface area contributed by atoms with Crippen LogP contribution in [0.4, 0.5) is 5.69 Å². The lowest BCUT2D eigenvalue weighted by Crippen LogP contribution is -2.30. The fraction of sp³-hybridized carbons (Fsp3) is 0.429. The molecule has 0 saturated carbocycles. The molecule has 0 aromatic heterocycles. The van der Waals surface area contributed by atoms with E-state index >= 15 is 0 Å². The van der Waals surface area contributed by atoms with Crippen LogP contribution in [-0.4, -0.2) is 36.9 Å². The fourth-order valence-electron chi connectivity index (χ4n) is 1.86. The maximum atomic E-state index is 12.4. The number of benzene rings is 1. The number of hydrogen-bond donors (Lipinski definition) is 1. The molecule has 0 saturated heterocycles. The lowest BCUT2D eigenvalue weighted by molar-refractivity contribution is -0.114. The molecule has 2 amide bonds. The van der Waals surface area contributed by atoms with Gasteiger partial charge in [-0.05, 0) is 19.9 Å². The summed E-state index contributed by atoms with van der Waals surface area (Å²) in [7, 11) is 1.47. The van der Waals surface area contributed by atoms with Crippen LogP contribution in [0.2, 0.25) is 5.02 Å². The van der Waals surface area contributed by atoms with E-state index in [1.165, 1.54) is 20.1 Å². The number of nitrogens with one attached hydrogen (secondary N) is 1. The minimum Gasteiger partial charge on any atom is -0.496 e. The maximum absolute atomic E-state index is 12.4. The van der Waals surface area contributed by atoms with Crippen LogP contribution >= 0.6 is 11.6 Å². The van der Waals surface area contributed by atoms with Crippen molar-refractivity contribution >= 4 is 29.1 Å². The fourth-order valence-corrected chi connectivity index (χ4v) is 2.07. The number of anilines is 1. The third kappa shape index (κ3) is 3.63. The van der Waals surface area contributed by atoms with Gasteiger partial charge in [0.1, 0.15) is 5.75 Å². The van der Waals surface area contributed by atoms with E-state index in [1.54, 1.807) is 11.0 Å². The molecule has 1 aromatic rings. The lowest BCUT2D eigenvalue weighted by Gasteiger charge is -2.20. The van der Waals surface area contributed by atoms with Crippen LogP contribution in [0.15, 0.2) is 12.1 Å². The average Bonchev–Trinajstić information content (AvgIpc) is 2.41. The van der Waals surface area contributed by atoms with Gasteiger partial charge in [0.2, 0.25) is 5.91 Å². The van der Waals surface area contributed by atoms with Crippen LogP contribution in [0.5, 0.6) is 5.75 Å². The van der Waals surface area contributed by atoms with Crippen molar-refractivity contribution in [1.82, 2.24) is 4.90 Å². The molecule has 0 heterocycles. The third-order valence-electron chi connectivity index (χ3n) is 2.88. The molecule has 0 atom stereocenters. The molecule has 0 radical (unpaired) electrons. The standard InChI is InChI=1S/C14H19ClN2O3/c1-5-17(6-2)14(19)10-7-11(15)12(16-9(3)18)8-13(10)20-4/h7-8H,5-6H2,1-4H3,(H,16,18). The zero-order chi connectivity index (χ0) is 15.3. The van der Waals surface area contributed by atoms with Gasteiger partial charge in [-0.25, -0.2) is 0 Å². The summed E-state index contributed by atoms with van der Waals surface area (Å²) < 4.78 is 5.23. The molecule has 0 unspecified atom stereocenters. The number of nitrogens with zero attached hydrogens (tertiary/aromatic N) is 1. The number of ether oxygens (including phenoxy) is 1. The number of carbonyl (C=O) groups excluding carboxylic acids is 2. The van der Waals surface area contributed by atoms with Crippen molar-refractivity contribution in [2.45, 2.75) is 20.8 Å². The Morgan fingerprint density at radius 2 is 1.90 bits per heavy atom. The minimum absolute atomic E-state index is 0.150. The zero-order valence-corrected chi connectivity index (χ0v) is 12.9. The second-order valence-corrected chi connectivity index (χ2v) is 4.60. The molecule has 0 aliphatic rings. The normalized spacial score (nSPS) is 10.1. The minimum atomic E-state index is -0.239. The van der Waals surface area contributed by atoms with Crippen LogP contribution in [0.3, 0.4) is 0 Å². The lowest BCUT2D eigenvalue weighted by atomic mass is 10.1. The highest BCUT2D eigenvalue weighted by Gasteiger charge is 2.20. The van der Waals surface area contributed by atoms with Crippen molar-refractivity contribution in [3.05, 3.63) is 22.7 Å². The second kappa shape index (κ2) is 7.14. The predicted octanol–water partition coefficient (Wildman–Crippen LogP) is 2.79. The highest BCUT2D eigenvalue weighted by atomic mass is 35.5. The van der Waals surface area contributed by atoms with Crippen LogP contribution in [0.25, 0.3) is 0 Å². The van der Waals surface area contributed by atoms with Crippen molar-refractivity contribution in [3.8, 4) is 5.75 Å². The number of halogens is 1. The van der Waals surface area contributed by atoms with Gasteiger partial charge in [0.15, 0.2) is 0 Å². The number of rotatable bonds is 5. The Balaban J connectivity index is 3.24. The van der Waals surface area contributed by atoms with Gasteiger partial charge in [0.05, 0.1) is 23.4 Å². The summed E-state index contributed by atoms with van der Waals surface area (Å²) in [4.78, 5) is 25.1. The number of hydrogen-bond acceptors (Lipinski definition) is 3. The zero-order valence-electron chi connectivity index (χ0n) is 12.1. The Kier molecular flexibility index (Phi) is 5.82. The molecular weight excluding hydrogens is 280 g/mol. The van der Waals surface area contributed by atoms with Crippen LogP contribution < -0.4 is 10.1 Å². The van der Waals surface area contributed by atoms with Gasteiger partial charge in [0, 0.05) is 26.1 Å². The Morgan fingerprint density at radius 3 is 2.35 bits per heavy atom. The van der Waals surface area contributed by atoms with E-state index in [4.69, 9.17) is 16.3 Å². The van der Waals surface area contributed by atoms with E-state index in [-0.39, 0.29) is 11.8 Å². The number of amides is 2. The van der Waals surface area contributed by atoms with E-state index in [0.717, 1.165) is 0 Å². The molecule has 0 fully saturated rings. The maximum Gasteiger partial charge on any atom is 0.257 e. The van der Waals surface area contributed by atoms with Gasteiger partial charge in [-0.15, -0.1) is 0 Å². The Bertz CT molecular complexity index is 513. The van der Waals surface area contributed by atoms with E-state index in [1.807, 2.05) is 13.8 Å². The van der Waals surface area contributed by atoms with Crippen molar-refractivity contribution < 1.29 is 14.3 Å². The van der Waals surface area contributed by atoms with Crippen molar-refractivity contribution in [3.63, 3.8) is 0 Å². The first-order valence-corrected chi connectivity index (χ1v) is 6.76. The molecule has 0 spiro atoms. The van der Waals surface area contributed by atoms with E-state index < -0.39 is 0 Å². The summed E-state index contributed by atoms with van der Waals surface area (Å²) in [6.07, 6.45) is 0. The van der Waals surface area contributed by atoms with Gasteiger partial charge in [0.25, 0.3) is 5.91 Å². The van der Waals surface area contributed by atoms with Crippen LogP contribution in [0, 0.1) is 0 Å². The topological polar surface area (TPSA) is 58.6 Å². The van der Waals surface area contributed by atoms with Gasteiger partial charge >= 0.3 is 0 Å². The molecule has 1 rings (SSSR count). The summed E-state index contributed by atoms with van der Waals surface area (Å²) in [5.41, 5.74) is 0.808. The van der Waals surface area contributed by atoms with E-state index in [0.29, 0.717) is 35.1 Å². The van der Waals surface area contributed by atoms with Gasteiger partial charge in [-0.3, -0.25) is 9.59 Å². The van der Waals surface area contributed by atoms with E-state index in [2.05, 4.69) is 5.32 Å². The van der Waals surface area contributed by atoms with Gasteiger partial charge in [-0.2, -0.15) is 0 Å². The highest BCUT2D eigenvalue weighted by Crippen LogP contribution is 2.31. The van der Waals surface area contributed by atoms with Crippen molar-refractivity contribution in [2.75, 3.05) is 25.5 Å². The molecule has 0 aliphatic carbocycles. The number of carbonyl (C=O) groups is 2. The molecular formula is C14H19ClN2O3. The highest BCUT2D eigenvalue weighted by molar-refractivity contribution is 6.34. The molecule has 1 aromatic carbocycles. The van der Waals surface area contributed by atoms with E-state index in [9.17, 15) is 9.59 Å². The second-order valence-electron chi connectivity index (χ2n) is 4.19. The summed E-state index contributed by atoms with van der Waals surface area (Å²) in [6, 6.07) is 3.08. The number of methoxy groups -OCH3 is 1. The molecule has 5 nitrogen and oxygen atoms in total. The third-order valence-corrected chi connectivity index (χ3v) is 3.19. The van der Waals surface area contributed by atoms with Crippen molar-refractivity contribution in [1.29, 1.82) is 0 Å². The molecule has 110 valence electrons. The summed E-state index contributed by atoms with van der Waals surface area (Å²) in [5, 5.41) is 2.90. The van der Waals surface area contributed by atoms with Crippen LogP contribution in [0.1, 0.15) is 31.1 Å². The first-order valence-electron chi connectivity index (χ1n) is 6.38. The Hall–Kier alpha value is -1.75. The van der Waals surface area contributed by atoms with Gasteiger partial charge < -0.3 is 15.0 Å². The summed E-state index contributed by atoms with van der Waals surface area (Å²) >= 11 is 6.10. The monoisotopic (exact) mass is 298 g/mol. The largest absolute Gasteiger partial charge is 0.496 e. The predicted molar refractivity (Wildman–Crippen MR) is 79.6 cm³/mol. The molecule has 0 aliphatic heterocycles. The molecule has 0 bridgehead atoms. The Labute approximate surface area is 123 Å². The SMILES string of the molecule is CCN(CC)C(=O)c1cc(Cl)c(NC(C)=O)cc1OC. The molecule has 20 heavy (non-hydrogen) atoms. The first kappa shape index (κ1) is 16.3. The van der Waals surface area contributed by atoms with Crippen molar-refractivity contribution in [2.24, 2.45) is 0 Å². The smallest absolute Gasteiger partial charge is 0.257 e. The Morgan fingerprint density at radius 1 is 1.30 bits per heavy atom. The summed E-state index contributed by atoms with van der Waals surface area (Å²) in [6.45, 7) is 6.40. The molecule has 6 heteroatoms. The first-order chi connectivity index (χ1) is 9.44.